The summed E-state index contributed by atoms with van der Waals surface area (Å²) in [5.41, 5.74) is 2.27. The van der Waals surface area contributed by atoms with E-state index in [1.807, 2.05) is 11.5 Å². The number of hydrogen-bond acceptors (Lipinski definition) is 7. The predicted molar refractivity (Wildman–Crippen MR) is 116 cm³/mol. The average Bonchev–Trinajstić information content (AvgIpc) is 3.24. The summed E-state index contributed by atoms with van der Waals surface area (Å²) in [7, 11) is 0. The number of carbonyl (C=O) groups excluding carboxylic acids is 1. The minimum absolute atomic E-state index is 0.0683. The number of non-ortho nitro benzene ring substituents is 1. The number of nitro benzene ring substituents is 1. The van der Waals surface area contributed by atoms with Gasteiger partial charge in [0, 0.05) is 34.5 Å². The van der Waals surface area contributed by atoms with E-state index < -0.39 is 4.92 Å². The van der Waals surface area contributed by atoms with Crippen molar-refractivity contribution in [2.24, 2.45) is 0 Å². The summed E-state index contributed by atoms with van der Waals surface area (Å²) >= 11 is 8.94. The maximum atomic E-state index is 12.3. The topological polar surface area (TPSA) is 103 Å². The Morgan fingerprint density at radius 1 is 1.38 bits per heavy atom. The molecule has 2 aromatic heterocycles. The highest BCUT2D eigenvalue weighted by Crippen LogP contribution is 2.32. The lowest BCUT2D eigenvalue weighted by molar-refractivity contribution is -0.384. The van der Waals surface area contributed by atoms with Crippen LogP contribution in [0, 0.1) is 24.0 Å². The Morgan fingerprint density at radius 3 is 2.76 bits per heavy atom. The smallest absolute Gasteiger partial charge is 0.271 e. The van der Waals surface area contributed by atoms with Crippen molar-refractivity contribution in [1.82, 2.24) is 14.8 Å². The Morgan fingerprint density at radius 2 is 2.14 bits per heavy atom. The summed E-state index contributed by atoms with van der Waals surface area (Å²) < 4.78 is 1.97. The number of nitrogens with one attached hydrogen (secondary N) is 1. The van der Waals surface area contributed by atoms with E-state index in [4.69, 9.17) is 11.6 Å². The molecule has 1 N–H and O–H groups in total. The van der Waals surface area contributed by atoms with Gasteiger partial charge in [-0.25, -0.2) is 0 Å². The molecule has 3 aromatic rings. The molecule has 0 aliphatic heterocycles. The van der Waals surface area contributed by atoms with E-state index in [2.05, 4.69) is 34.7 Å². The maximum Gasteiger partial charge on any atom is 0.271 e. The summed E-state index contributed by atoms with van der Waals surface area (Å²) in [4.78, 5) is 23.9. The number of anilines is 1. The Balaban J connectivity index is 1.72. The minimum atomic E-state index is -0.542. The number of nitrogens with zero attached hydrogens (tertiary/aromatic N) is 4. The van der Waals surface area contributed by atoms with Gasteiger partial charge >= 0.3 is 0 Å². The third-order valence-corrected chi connectivity index (χ3v) is 6.64. The van der Waals surface area contributed by atoms with Crippen molar-refractivity contribution in [2.45, 2.75) is 32.5 Å². The van der Waals surface area contributed by atoms with E-state index in [9.17, 15) is 14.9 Å². The van der Waals surface area contributed by atoms with Crippen LogP contribution in [0.25, 0.3) is 11.4 Å². The van der Waals surface area contributed by atoms with Crippen molar-refractivity contribution >= 4 is 52.0 Å². The number of thiophene rings is 1. The van der Waals surface area contributed by atoms with Crippen molar-refractivity contribution in [3.8, 4) is 11.4 Å². The van der Waals surface area contributed by atoms with Crippen LogP contribution in [0.4, 0.5) is 11.4 Å². The molecule has 0 saturated carbocycles. The van der Waals surface area contributed by atoms with Crippen LogP contribution in [0.3, 0.4) is 0 Å². The van der Waals surface area contributed by atoms with Crippen LogP contribution in [-0.2, 0) is 11.3 Å². The molecule has 29 heavy (non-hydrogen) atoms. The molecular weight excluding hydrogens is 434 g/mol. The van der Waals surface area contributed by atoms with Gasteiger partial charge in [0.1, 0.15) is 0 Å². The highest BCUT2D eigenvalue weighted by molar-refractivity contribution is 7.99. The number of aryl methyl sites for hydroxylation is 1. The van der Waals surface area contributed by atoms with Crippen molar-refractivity contribution < 1.29 is 9.72 Å². The van der Waals surface area contributed by atoms with Crippen LogP contribution in [0.5, 0.6) is 0 Å². The van der Waals surface area contributed by atoms with Gasteiger partial charge in [-0.15, -0.1) is 21.5 Å². The summed E-state index contributed by atoms with van der Waals surface area (Å²) in [6.07, 6.45) is 0. The molecule has 11 heteroatoms. The second-order valence-corrected chi connectivity index (χ2v) is 8.57. The number of hydrogen-bond donors (Lipinski definition) is 1. The van der Waals surface area contributed by atoms with Gasteiger partial charge in [-0.2, -0.15) is 0 Å². The molecule has 0 aliphatic rings. The van der Waals surface area contributed by atoms with E-state index in [1.54, 1.807) is 11.3 Å². The first-order valence-electron chi connectivity index (χ1n) is 8.66. The van der Waals surface area contributed by atoms with Crippen molar-refractivity contribution in [2.75, 3.05) is 11.1 Å². The van der Waals surface area contributed by atoms with Crippen LogP contribution >= 0.6 is 34.7 Å². The fourth-order valence-electron chi connectivity index (χ4n) is 2.65. The van der Waals surface area contributed by atoms with E-state index in [0.29, 0.717) is 11.7 Å². The number of amides is 1. The molecule has 152 valence electrons. The third-order valence-electron chi connectivity index (χ3n) is 4.33. The quantitative estimate of drug-likeness (QED) is 0.310. The minimum Gasteiger partial charge on any atom is -0.324 e. The standard InChI is InChI=1S/C18H18ClN5O3S2/c1-4-23-17(13-8-28-11(3)10(13)2)21-22-18(23)29-9-16(25)20-15-7-12(24(26)27)5-6-14(15)19/h5-8H,4,9H2,1-3H3,(H,20,25). The van der Waals surface area contributed by atoms with Gasteiger partial charge in [0.05, 0.1) is 21.4 Å². The molecule has 0 bridgehead atoms. The zero-order valence-corrected chi connectivity index (χ0v) is 18.3. The first kappa shape index (κ1) is 21.3. The zero-order chi connectivity index (χ0) is 21.1. The second-order valence-electron chi connectivity index (χ2n) is 6.14. The molecule has 0 atom stereocenters. The number of halogens is 1. The normalized spacial score (nSPS) is 10.9. The SMILES string of the molecule is CCn1c(SCC(=O)Nc2cc([N+](=O)[O-])ccc2Cl)nnc1-c1csc(C)c1C. The first-order valence-corrected chi connectivity index (χ1v) is 10.9. The molecule has 3 rings (SSSR count). The Kier molecular flexibility index (Phi) is 6.56. The molecule has 2 heterocycles. The summed E-state index contributed by atoms with van der Waals surface area (Å²) in [6.45, 7) is 6.78. The maximum absolute atomic E-state index is 12.3. The molecule has 0 spiro atoms. The fourth-order valence-corrected chi connectivity index (χ4v) is 4.48. The lowest BCUT2D eigenvalue weighted by Crippen LogP contribution is -2.15. The highest BCUT2D eigenvalue weighted by Gasteiger charge is 2.18. The number of thioether (sulfide) groups is 1. The summed E-state index contributed by atoms with van der Waals surface area (Å²) in [5, 5.41) is 25.0. The molecule has 0 fully saturated rings. The lowest BCUT2D eigenvalue weighted by atomic mass is 10.1. The molecule has 1 aromatic carbocycles. The van der Waals surface area contributed by atoms with Gasteiger partial charge in [-0.3, -0.25) is 14.9 Å². The largest absolute Gasteiger partial charge is 0.324 e. The van der Waals surface area contributed by atoms with E-state index >= 15 is 0 Å². The van der Waals surface area contributed by atoms with Gasteiger partial charge in [0.15, 0.2) is 11.0 Å². The summed E-state index contributed by atoms with van der Waals surface area (Å²) in [6, 6.07) is 3.90. The molecule has 0 saturated heterocycles. The monoisotopic (exact) mass is 451 g/mol. The molecule has 1 amide bonds. The van der Waals surface area contributed by atoms with Gasteiger partial charge in [-0.1, -0.05) is 23.4 Å². The Labute approximate surface area is 180 Å². The van der Waals surface area contributed by atoms with Crippen LogP contribution in [0.1, 0.15) is 17.4 Å². The van der Waals surface area contributed by atoms with Crippen molar-refractivity contribution in [1.29, 1.82) is 0 Å². The molecule has 0 aliphatic carbocycles. The highest BCUT2D eigenvalue weighted by atomic mass is 35.5. The van der Waals surface area contributed by atoms with Crippen LogP contribution in [-0.4, -0.2) is 31.3 Å². The fraction of sp³-hybridized carbons (Fsp3) is 0.278. The van der Waals surface area contributed by atoms with E-state index in [0.717, 1.165) is 11.4 Å². The average molecular weight is 452 g/mol. The van der Waals surface area contributed by atoms with Gasteiger partial charge in [0.25, 0.3) is 5.69 Å². The van der Waals surface area contributed by atoms with Gasteiger partial charge in [-0.05, 0) is 32.4 Å². The van der Waals surface area contributed by atoms with Crippen molar-refractivity contribution in [3.05, 3.63) is 49.2 Å². The number of aromatic nitrogens is 3. The number of nitro groups is 1. The van der Waals surface area contributed by atoms with Gasteiger partial charge < -0.3 is 9.88 Å². The number of carbonyl (C=O) groups is 1. The number of benzene rings is 1. The molecule has 0 radical (unpaired) electrons. The molecule has 0 unspecified atom stereocenters. The first-order chi connectivity index (χ1) is 13.8. The third kappa shape index (κ3) is 4.60. The zero-order valence-electron chi connectivity index (χ0n) is 15.9. The van der Waals surface area contributed by atoms with Crippen LogP contribution in [0.15, 0.2) is 28.7 Å². The van der Waals surface area contributed by atoms with Crippen molar-refractivity contribution in [3.63, 3.8) is 0 Å². The Bertz CT molecular complexity index is 1080. The van der Waals surface area contributed by atoms with Gasteiger partial charge in [0.2, 0.25) is 5.91 Å². The molecular formula is C18H18ClN5O3S2. The van der Waals surface area contributed by atoms with Crippen LogP contribution < -0.4 is 5.32 Å². The summed E-state index contributed by atoms with van der Waals surface area (Å²) in [5.74, 6) is 0.505. The number of rotatable bonds is 7. The van der Waals surface area contributed by atoms with E-state index in [-0.39, 0.29) is 28.1 Å². The predicted octanol–water partition coefficient (Wildman–Crippen LogP) is 4.94. The Hall–Kier alpha value is -2.43. The van der Waals surface area contributed by atoms with Crippen LogP contribution in [0.2, 0.25) is 5.02 Å². The molecule has 8 nitrogen and oxygen atoms in total. The lowest BCUT2D eigenvalue weighted by Gasteiger charge is -2.08. The van der Waals surface area contributed by atoms with E-state index in [1.165, 1.54) is 40.4 Å². The second kappa shape index (κ2) is 8.93.